The van der Waals surface area contributed by atoms with Crippen molar-refractivity contribution in [3.63, 3.8) is 0 Å². The van der Waals surface area contributed by atoms with Crippen LogP contribution in [0.3, 0.4) is 0 Å². The van der Waals surface area contributed by atoms with E-state index in [4.69, 9.17) is 10.5 Å². The monoisotopic (exact) mass is 250 g/mol. The summed E-state index contributed by atoms with van der Waals surface area (Å²) in [4.78, 5) is 11.5. The van der Waals surface area contributed by atoms with E-state index in [9.17, 15) is 4.79 Å². The summed E-state index contributed by atoms with van der Waals surface area (Å²) in [5, 5.41) is 3.28. The summed E-state index contributed by atoms with van der Waals surface area (Å²) in [5.74, 6) is 0.490. The number of ether oxygens (including phenoxy) is 1. The maximum absolute atomic E-state index is 11.5. The number of hydrogen-bond donors (Lipinski definition) is 2. The van der Waals surface area contributed by atoms with Crippen molar-refractivity contribution in [2.45, 2.75) is 38.8 Å². The zero-order chi connectivity index (χ0) is 13.8. The zero-order valence-electron chi connectivity index (χ0n) is 11.5. The van der Waals surface area contributed by atoms with Gasteiger partial charge in [0.25, 0.3) is 0 Å². The third-order valence-corrected chi connectivity index (χ3v) is 3.40. The van der Waals surface area contributed by atoms with Crippen LogP contribution in [-0.4, -0.2) is 18.6 Å². The predicted molar refractivity (Wildman–Crippen MR) is 72.4 cm³/mol. The fourth-order valence-corrected chi connectivity index (χ4v) is 1.80. The highest BCUT2D eigenvalue weighted by atomic mass is 16.5. The summed E-state index contributed by atoms with van der Waals surface area (Å²) in [6, 6.07) is 7.82. The Balaban J connectivity index is 2.80. The van der Waals surface area contributed by atoms with Crippen LogP contribution in [0.4, 0.5) is 0 Å². The Morgan fingerprint density at radius 3 is 2.39 bits per heavy atom. The first-order valence-electron chi connectivity index (χ1n) is 6.14. The molecule has 2 unspecified atom stereocenters. The fourth-order valence-electron chi connectivity index (χ4n) is 1.80. The number of rotatable bonds is 6. The average molecular weight is 250 g/mol. The molecule has 1 aromatic rings. The van der Waals surface area contributed by atoms with E-state index in [0.717, 1.165) is 11.3 Å². The van der Waals surface area contributed by atoms with Crippen LogP contribution in [0.15, 0.2) is 24.3 Å². The normalized spacial score (nSPS) is 15.8. The lowest BCUT2D eigenvalue weighted by molar-refractivity contribution is -0.124. The highest BCUT2D eigenvalue weighted by Gasteiger charge is 2.30. The molecule has 0 aliphatic rings. The van der Waals surface area contributed by atoms with Crippen LogP contribution in [0.2, 0.25) is 0 Å². The van der Waals surface area contributed by atoms with Crippen LogP contribution >= 0.6 is 0 Å². The second kappa shape index (κ2) is 5.87. The number of carbonyl (C=O) groups is 1. The summed E-state index contributed by atoms with van der Waals surface area (Å²) in [6.45, 7) is 5.78. The Kier molecular flexibility index (Phi) is 4.73. The van der Waals surface area contributed by atoms with Gasteiger partial charge in [0.15, 0.2) is 0 Å². The number of nitrogens with one attached hydrogen (secondary N) is 1. The molecule has 4 nitrogen and oxygen atoms in total. The molecule has 100 valence electrons. The lowest BCUT2D eigenvalue weighted by Crippen LogP contribution is -2.53. The molecule has 0 bridgehead atoms. The van der Waals surface area contributed by atoms with Crippen molar-refractivity contribution >= 4 is 5.91 Å². The molecule has 4 heteroatoms. The second-order valence-electron chi connectivity index (χ2n) is 4.69. The number of primary amides is 1. The molecule has 18 heavy (non-hydrogen) atoms. The first kappa shape index (κ1) is 14.5. The first-order chi connectivity index (χ1) is 8.42. The molecule has 0 saturated heterocycles. The van der Waals surface area contributed by atoms with Crippen molar-refractivity contribution in [3.8, 4) is 5.75 Å². The van der Waals surface area contributed by atoms with E-state index in [-0.39, 0.29) is 11.9 Å². The van der Waals surface area contributed by atoms with E-state index < -0.39 is 5.54 Å². The Hall–Kier alpha value is -1.55. The van der Waals surface area contributed by atoms with Gasteiger partial charge in [-0.15, -0.1) is 0 Å². The Morgan fingerprint density at radius 1 is 1.44 bits per heavy atom. The van der Waals surface area contributed by atoms with Gasteiger partial charge in [0, 0.05) is 6.04 Å². The first-order valence-corrected chi connectivity index (χ1v) is 6.14. The number of hydrogen-bond acceptors (Lipinski definition) is 3. The zero-order valence-corrected chi connectivity index (χ0v) is 11.5. The molecule has 0 aliphatic carbocycles. The minimum Gasteiger partial charge on any atom is -0.497 e. The highest BCUT2D eigenvalue weighted by molar-refractivity contribution is 5.84. The van der Waals surface area contributed by atoms with Crippen molar-refractivity contribution in [1.82, 2.24) is 5.32 Å². The molecule has 3 N–H and O–H groups in total. The number of methoxy groups -OCH3 is 1. The molecule has 1 rings (SSSR count). The summed E-state index contributed by atoms with van der Waals surface area (Å²) >= 11 is 0. The molecule has 0 aromatic heterocycles. The molecular formula is C14H22N2O2. The predicted octanol–water partition coefficient (Wildman–Crippen LogP) is 2.00. The molecule has 2 atom stereocenters. The van der Waals surface area contributed by atoms with Gasteiger partial charge in [-0.1, -0.05) is 19.1 Å². The van der Waals surface area contributed by atoms with Gasteiger partial charge in [-0.25, -0.2) is 0 Å². The van der Waals surface area contributed by atoms with Crippen molar-refractivity contribution in [3.05, 3.63) is 29.8 Å². The van der Waals surface area contributed by atoms with E-state index >= 15 is 0 Å². The minimum atomic E-state index is -0.681. The van der Waals surface area contributed by atoms with Gasteiger partial charge in [-0.2, -0.15) is 0 Å². The number of carbonyl (C=O) groups excluding carboxylic acids is 1. The molecular weight excluding hydrogens is 228 g/mol. The summed E-state index contributed by atoms with van der Waals surface area (Å²) < 4.78 is 5.11. The summed E-state index contributed by atoms with van der Waals surface area (Å²) in [5.41, 5.74) is 5.85. The molecule has 0 fully saturated rings. The Morgan fingerprint density at radius 2 is 2.00 bits per heavy atom. The van der Waals surface area contributed by atoms with E-state index in [1.54, 1.807) is 7.11 Å². The highest BCUT2D eigenvalue weighted by Crippen LogP contribution is 2.21. The number of benzene rings is 1. The van der Waals surface area contributed by atoms with E-state index in [0.29, 0.717) is 6.42 Å². The van der Waals surface area contributed by atoms with Crippen molar-refractivity contribution in [2.75, 3.05) is 7.11 Å². The molecule has 1 aromatic carbocycles. The van der Waals surface area contributed by atoms with Crippen LogP contribution < -0.4 is 15.8 Å². The van der Waals surface area contributed by atoms with Crippen molar-refractivity contribution in [2.24, 2.45) is 5.73 Å². The molecule has 0 aliphatic heterocycles. The average Bonchev–Trinajstić information content (AvgIpc) is 2.38. The minimum absolute atomic E-state index is 0.0494. The van der Waals surface area contributed by atoms with Gasteiger partial charge < -0.3 is 10.5 Å². The van der Waals surface area contributed by atoms with Gasteiger partial charge in [-0.05, 0) is 38.0 Å². The topological polar surface area (TPSA) is 64.3 Å². The second-order valence-corrected chi connectivity index (χ2v) is 4.69. The fraction of sp³-hybridized carbons (Fsp3) is 0.500. The maximum Gasteiger partial charge on any atom is 0.237 e. The SMILES string of the molecule is CCC(C)(NC(C)c1ccc(OC)cc1)C(N)=O. The van der Waals surface area contributed by atoms with E-state index in [2.05, 4.69) is 5.32 Å². The lowest BCUT2D eigenvalue weighted by atomic mass is 9.95. The third kappa shape index (κ3) is 3.23. The van der Waals surface area contributed by atoms with E-state index in [1.807, 2.05) is 45.0 Å². The van der Waals surface area contributed by atoms with Gasteiger partial charge in [0.1, 0.15) is 5.75 Å². The maximum atomic E-state index is 11.5. The van der Waals surface area contributed by atoms with E-state index in [1.165, 1.54) is 0 Å². The molecule has 0 heterocycles. The van der Waals surface area contributed by atoms with Gasteiger partial charge >= 0.3 is 0 Å². The smallest absolute Gasteiger partial charge is 0.237 e. The quantitative estimate of drug-likeness (QED) is 0.811. The van der Waals surface area contributed by atoms with Crippen LogP contribution in [-0.2, 0) is 4.79 Å². The van der Waals surface area contributed by atoms with Crippen LogP contribution in [0.5, 0.6) is 5.75 Å². The van der Waals surface area contributed by atoms with Gasteiger partial charge in [0.05, 0.1) is 12.6 Å². The van der Waals surface area contributed by atoms with Gasteiger partial charge in [-0.3, -0.25) is 10.1 Å². The lowest BCUT2D eigenvalue weighted by Gasteiger charge is -2.30. The van der Waals surface area contributed by atoms with Crippen LogP contribution in [0.25, 0.3) is 0 Å². The standard InChI is InChI=1S/C14H22N2O2/c1-5-14(3,13(15)17)16-10(2)11-6-8-12(18-4)9-7-11/h6-10,16H,5H2,1-4H3,(H2,15,17). The Bertz CT molecular complexity index is 403. The number of amides is 1. The Labute approximate surface area is 109 Å². The summed E-state index contributed by atoms with van der Waals surface area (Å²) in [6.07, 6.45) is 0.656. The van der Waals surface area contributed by atoms with Crippen molar-refractivity contribution < 1.29 is 9.53 Å². The molecule has 0 radical (unpaired) electrons. The summed E-state index contributed by atoms with van der Waals surface area (Å²) in [7, 11) is 1.64. The van der Waals surface area contributed by atoms with Gasteiger partial charge in [0.2, 0.25) is 5.91 Å². The number of nitrogens with two attached hydrogens (primary N) is 1. The molecule has 0 spiro atoms. The van der Waals surface area contributed by atoms with Crippen molar-refractivity contribution in [1.29, 1.82) is 0 Å². The third-order valence-electron chi connectivity index (χ3n) is 3.40. The molecule has 1 amide bonds. The largest absolute Gasteiger partial charge is 0.497 e. The van der Waals surface area contributed by atoms with Crippen LogP contribution in [0.1, 0.15) is 38.8 Å². The molecule has 0 saturated carbocycles. The van der Waals surface area contributed by atoms with Crippen LogP contribution in [0, 0.1) is 0 Å².